The van der Waals surface area contributed by atoms with Gasteiger partial charge in [0.1, 0.15) is 5.69 Å². The van der Waals surface area contributed by atoms with E-state index in [-0.39, 0.29) is 5.91 Å². The van der Waals surface area contributed by atoms with E-state index in [4.69, 9.17) is 0 Å². The Morgan fingerprint density at radius 1 is 1.33 bits per heavy atom. The van der Waals surface area contributed by atoms with Crippen molar-refractivity contribution >= 4 is 5.91 Å². The van der Waals surface area contributed by atoms with Gasteiger partial charge in [-0.3, -0.25) is 14.9 Å². The van der Waals surface area contributed by atoms with Crippen LogP contribution >= 0.6 is 0 Å². The molecule has 1 aliphatic rings. The molecule has 1 N–H and O–H groups in total. The Kier molecular flexibility index (Phi) is 5.62. The molecule has 0 aliphatic carbocycles. The molecule has 5 nitrogen and oxygen atoms in total. The fraction of sp³-hybridized carbons (Fsp3) is 0.526. The Balaban J connectivity index is 1.65. The van der Waals surface area contributed by atoms with Gasteiger partial charge < -0.3 is 4.90 Å². The molecule has 2 aromatic heterocycles. The van der Waals surface area contributed by atoms with E-state index in [1.807, 2.05) is 29.3 Å². The van der Waals surface area contributed by atoms with Crippen LogP contribution in [0.15, 0.2) is 30.5 Å². The average Bonchev–Trinajstić information content (AvgIpc) is 3.09. The zero-order valence-corrected chi connectivity index (χ0v) is 14.4. The summed E-state index contributed by atoms with van der Waals surface area (Å²) in [5.74, 6) is 0.0688. The van der Waals surface area contributed by atoms with E-state index in [0.717, 1.165) is 56.5 Å². The van der Waals surface area contributed by atoms with Gasteiger partial charge in [-0.25, -0.2) is 0 Å². The SMILES string of the molecule is CCCc1cc(C(=O)N2CCCCC2CCc2ccccn2)n[nH]1. The van der Waals surface area contributed by atoms with Crippen LogP contribution in [0.1, 0.15) is 60.9 Å². The molecule has 24 heavy (non-hydrogen) atoms. The third kappa shape index (κ3) is 4.02. The van der Waals surface area contributed by atoms with Crippen molar-refractivity contribution in [1.82, 2.24) is 20.1 Å². The van der Waals surface area contributed by atoms with E-state index in [2.05, 4.69) is 28.2 Å². The molecule has 0 spiro atoms. The van der Waals surface area contributed by atoms with Crippen LogP contribution in [-0.2, 0) is 12.8 Å². The van der Waals surface area contributed by atoms with Gasteiger partial charge in [0.15, 0.2) is 0 Å². The number of aromatic nitrogens is 3. The number of pyridine rings is 1. The molecule has 0 radical (unpaired) electrons. The first-order valence-electron chi connectivity index (χ1n) is 9.03. The Bertz CT molecular complexity index is 652. The molecule has 0 aromatic carbocycles. The summed E-state index contributed by atoms with van der Waals surface area (Å²) in [6, 6.07) is 8.21. The Labute approximate surface area is 143 Å². The van der Waals surface area contributed by atoms with Crippen molar-refractivity contribution in [3.8, 4) is 0 Å². The van der Waals surface area contributed by atoms with Crippen molar-refractivity contribution < 1.29 is 4.79 Å². The molecule has 3 rings (SSSR count). The second-order valence-corrected chi connectivity index (χ2v) is 6.54. The number of likely N-dealkylation sites (tertiary alicyclic amines) is 1. The van der Waals surface area contributed by atoms with Gasteiger partial charge in [0, 0.05) is 30.2 Å². The molecule has 5 heteroatoms. The van der Waals surface area contributed by atoms with E-state index in [1.54, 1.807) is 0 Å². The largest absolute Gasteiger partial charge is 0.334 e. The van der Waals surface area contributed by atoms with Crippen LogP contribution in [0.3, 0.4) is 0 Å². The molecule has 128 valence electrons. The van der Waals surface area contributed by atoms with Gasteiger partial charge in [-0.1, -0.05) is 19.4 Å². The lowest BCUT2D eigenvalue weighted by Crippen LogP contribution is -2.44. The highest BCUT2D eigenvalue weighted by molar-refractivity contribution is 5.92. The summed E-state index contributed by atoms with van der Waals surface area (Å²) in [6.45, 7) is 2.96. The summed E-state index contributed by atoms with van der Waals surface area (Å²) >= 11 is 0. The first-order chi connectivity index (χ1) is 11.8. The van der Waals surface area contributed by atoms with E-state index < -0.39 is 0 Å². The van der Waals surface area contributed by atoms with Crippen molar-refractivity contribution in [2.75, 3.05) is 6.54 Å². The normalized spacial score (nSPS) is 17.9. The summed E-state index contributed by atoms with van der Waals surface area (Å²) in [5, 5.41) is 7.23. The summed E-state index contributed by atoms with van der Waals surface area (Å²) in [7, 11) is 0. The molecule has 0 bridgehead atoms. The zero-order chi connectivity index (χ0) is 16.8. The van der Waals surface area contributed by atoms with Crippen molar-refractivity contribution in [2.45, 2.75) is 57.9 Å². The van der Waals surface area contributed by atoms with Gasteiger partial charge in [0.05, 0.1) is 0 Å². The topological polar surface area (TPSA) is 61.9 Å². The molecule has 1 saturated heterocycles. The molecular formula is C19H26N4O. The van der Waals surface area contributed by atoms with Gasteiger partial charge in [-0.15, -0.1) is 0 Å². The molecule has 0 saturated carbocycles. The molecule has 1 unspecified atom stereocenters. The second kappa shape index (κ2) is 8.08. The predicted molar refractivity (Wildman–Crippen MR) is 93.8 cm³/mol. The number of piperidine rings is 1. The Hall–Kier alpha value is -2.17. The maximum atomic E-state index is 12.9. The van der Waals surface area contributed by atoms with Crippen LogP contribution in [0.4, 0.5) is 0 Å². The molecule has 3 heterocycles. The maximum Gasteiger partial charge on any atom is 0.274 e. The number of nitrogens with one attached hydrogen (secondary N) is 1. The van der Waals surface area contributed by atoms with Crippen molar-refractivity contribution in [2.24, 2.45) is 0 Å². The quantitative estimate of drug-likeness (QED) is 0.885. The van der Waals surface area contributed by atoms with Gasteiger partial charge >= 0.3 is 0 Å². The van der Waals surface area contributed by atoms with Crippen LogP contribution in [0.2, 0.25) is 0 Å². The average molecular weight is 326 g/mol. The number of rotatable bonds is 6. The lowest BCUT2D eigenvalue weighted by molar-refractivity contribution is 0.0595. The van der Waals surface area contributed by atoms with E-state index >= 15 is 0 Å². The van der Waals surface area contributed by atoms with Crippen molar-refractivity contribution in [3.63, 3.8) is 0 Å². The third-order valence-corrected chi connectivity index (χ3v) is 4.72. The predicted octanol–water partition coefficient (Wildman–Crippen LogP) is 3.38. The number of aryl methyl sites for hydroxylation is 2. The minimum atomic E-state index is 0.0688. The number of aromatic amines is 1. The number of hydrogen-bond acceptors (Lipinski definition) is 3. The highest BCUT2D eigenvalue weighted by Gasteiger charge is 2.28. The van der Waals surface area contributed by atoms with Gasteiger partial charge in [0.25, 0.3) is 5.91 Å². The smallest absolute Gasteiger partial charge is 0.274 e. The molecule has 1 aliphatic heterocycles. The summed E-state index contributed by atoms with van der Waals surface area (Å²) in [5.41, 5.74) is 2.70. The minimum absolute atomic E-state index is 0.0688. The summed E-state index contributed by atoms with van der Waals surface area (Å²) in [6.07, 6.45) is 9.04. The first-order valence-corrected chi connectivity index (χ1v) is 9.03. The van der Waals surface area contributed by atoms with Crippen LogP contribution in [0, 0.1) is 0 Å². The number of nitrogens with zero attached hydrogens (tertiary/aromatic N) is 3. The number of amides is 1. The van der Waals surface area contributed by atoms with Crippen molar-refractivity contribution in [1.29, 1.82) is 0 Å². The standard InChI is InChI=1S/C19H26N4O/c1-2-7-16-14-18(22-21-16)19(24)23-13-6-4-9-17(23)11-10-15-8-3-5-12-20-15/h3,5,8,12,14,17H,2,4,6-7,9-11,13H2,1H3,(H,21,22). The number of carbonyl (C=O) groups is 1. The fourth-order valence-corrected chi connectivity index (χ4v) is 3.44. The van der Waals surface area contributed by atoms with Crippen LogP contribution < -0.4 is 0 Å². The van der Waals surface area contributed by atoms with Gasteiger partial charge in [0.2, 0.25) is 0 Å². The van der Waals surface area contributed by atoms with Gasteiger partial charge in [-0.2, -0.15) is 5.10 Å². The highest BCUT2D eigenvalue weighted by atomic mass is 16.2. The Morgan fingerprint density at radius 3 is 3.04 bits per heavy atom. The van der Waals surface area contributed by atoms with Gasteiger partial charge in [-0.05, 0) is 56.7 Å². The van der Waals surface area contributed by atoms with Crippen molar-refractivity contribution in [3.05, 3.63) is 47.5 Å². The third-order valence-electron chi connectivity index (χ3n) is 4.72. The minimum Gasteiger partial charge on any atom is -0.334 e. The first kappa shape index (κ1) is 16.7. The lowest BCUT2D eigenvalue weighted by Gasteiger charge is -2.35. The Morgan fingerprint density at radius 2 is 2.25 bits per heavy atom. The molecular weight excluding hydrogens is 300 g/mol. The molecule has 1 atom stereocenters. The lowest BCUT2D eigenvalue weighted by atomic mass is 9.96. The molecule has 2 aromatic rings. The highest BCUT2D eigenvalue weighted by Crippen LogP contribution is 2.23. The number of H-pyrrole nitrogens is 1. The van der Waals surface area contributed by atoms with E-state index in [1.165, 1.54) is 6.42 Å². The number of hydrogen-bond donors (Lipinski definition) is 1. The van der Waals surface area contributed by atoms with Crippen LogP contribution in [-0.4, -0.2) is 38.6 Å². The van der Waals surface area contributed by atoms with E-state index in [9.17, 15) is 4.79 Å². The number of carbonyl (C=O) groups excluding carboxylic acids is 1. The monoisotopic (exact) mass is 326 g/mol. The summed E-state index contributed by atoms with van der Waals surface area (Å²) < 4.78 is 0. The molecule has 1 amide bonds. The molecule has 1 fully saturated rings. The fourth-order valence-electron chi connectivity index (χ4n) is 3.44. The second-order valence-electron chi connectivity index (χ2n) is 6.54. The van der Waals surface area contributed by atoms with E-state index in [0.29, 0.717) is 11.7 Å². The zero-order valence-electron chi connectivity index (χ0n) is 14.4. The maximum absolute atomic E-state index is 12.9. The summed E-state index contributed by atoms with van der Waals surface area (Å²) in [4.78, 5) is 19.3. The van der Waals surface area contributed by atoms with Crippen LogP contribution in [0.5, 0.6) is 0 Å². The van der Waals surface area contributed by atoms with Crippen LogP contribution in [0.25, 0.3) is 0 Å².